The van der Waals surface area contributed by atoms with Gasteiger partial charge in [0, 0.05) is 67.8 Å². The molecule has 0 saturated carbocycles. The summed E-state index contributed by atoms with van der Waals surface area (Å²) in [5.74, 6) is 1.86. The number of hydrogen-bond acceptors (Lipinski definition) is 6. The first-order chi connectivity index (χ1) is 34.7. The molecule has 0 unspecified atom stereocenters. The second-order valence-corrected chi connectivity index (χ2v) is 20.7. The van der Waals surface area contributed by atoms with Crippen molar-refractivity contribution in [2.45, 2.75) is 5.41 Å². The first-order valence-electron chi connectivity index (χ1n) is 23.7. The van der Waals surface area contributed by atoms with Gasteiger partial charge < -0.3 is 4.42 Å². The van der Waals surface area contributed by atoms with Crippen molar-refractivity contribution >= 4 is 85.0 Å². The molecule has 0 aliphatic heterocycles. The summed E-state index contributed by atoms with van der Waals surface area (Å²) in [6.07, 6.45) is 0. The molecule has 0 saturated heterocycles. The second kappa shape index (κ2) is 14.2. The maximum Gasteiger partial charge on any atom is 0.164 e. The van der Waals surface area contributed by atoms with Gasteiger partial charge in [0.05, 0.1) is 5.41 Å². The summed E-state index contributed by atoms with van der Waals surface area (Å²) in [5.41, 5.74) is 16.7. The Morgan fingerprint density at radius 3 is 1.57 bits per heavy atom. The number of thiophene rings is 2. The van der Waals surface area contributed by atoms with Crippen LogP contribution in [0.25, 0.3) is 130 Å². The standard InChI is InChI=1S/C64H35N3OS2/c1-6-23-49-39(14-1)40-15-2-7-24-50(40)64(49)51-25-8-3-16-41(51)43-20-11-19-38(60(43)64)36-30-32-52-48(34-36)58-45(21-12-26-53(58)68-52)62-65-61(37-31-33-56-47(35-37)42-17-4-9-27-54(42)69-56)66-63(67-62)46-22-13-29-57-59(46)44-18-5-10-28-55(44)70-57/h1-35H. The minimum Gasteiger partial charge on any atom is -0.456 e. The third-order valence-electron chi connectivity index (χ3n) is 15.0. The zero-order chi connectivity index (χ0) is 45.7. The van der Waals surface area contributed by atoms with E-state index in [-0.39, 0.29) is 0 Å². The smallest absolute Gasteiger partial charge is 0.164 e. The summed E-state index contributed by atoms with van der Waals surface area (Å²) in [6, 6.07) is 77.2. The highest BCUT2D eigenvalue weighted by molar-refractivity contribution is 7.26. The van der Waals surface area contributed by atoms with Crippen molar-refractivity contribution in [1.82, 2.24) is 15.0 Å². The number of rotatable bonds is 4. The van der Waals surface area contributed by atoms with E-state index >= 15 is 0 Å². The summed E-state index contributed by atoms with van der Waals surface area (Å²) in [6.45, 7) is 0. The van der Waals surface area contributed by atoms with Gasteiger partial charge in [0.25, 0.3) is 0 Å². The second-order valence-electron chi connectivity index (χ2n) is 18.5. The monoisotopic (exact) mass is 925 g/mol. The van der Waals surface area contributed by atoms with Gasteiger partial charge in [0.2, 0.25) is 0 Å². The molecular weight excluding hydrogens is 891 g/mol. The number of furan rings is 1. The molecule has 0 radical (unpaired) electrons. The molecule has 2 aliphatic carbocycles. The molecule has 2 aliphatic rings. The molecule has 0 atom stereocenters. The third-order valence-corrected chi connectivity index (χ3v) is 17.3. The van der Waals surface area contributed by atoms with Gasteiger partial charge in [-0.25, -0.2) is 15.0 Å². The van der Waals surface area contributed by atoms with Crippen LogP contribution in [0, 0.1) is 0 Å². The van der Waals surface area contributed by atoms with Gasteiger partial charge in [-0.2, -0.15) is 0 Å². The van der Waals surface area contributed by atoms with Gasteiger partial charge in [0.1, 0.15) is 11.2 Å². The Bertz CT molecular complexity index is 4510. The summed E-state index contributed by atoms with van der Waals surface area (Å²) >= 11 is 3.61. The summed E-state index contributed by atoms with van der Waals surface area (Å²) in [5, 5.41) is 6.78. The minimum atomic E-state index is -0.485. The molecule has 1 spiro atoms. The molecule has 4 heterocycles. The summed E-state index contributed by atoms with van der Waals surface area (Å²) in [7, 11) is 0. The van der Waals surface area contributed by atoms with Crippen LogP contribution in [0.5, 0.6) is 0 Å². The van der Waals surface area contributed by atoms with Crippen LogP contribution in [0.15, 0.2) is 217 Å². The van der Waals surface area contributed by atoms with E-state index in [4.69, 9.17) is 19.4 Å². The van der Waals surface area contributed by atoms with E-state index in [0.29, 0.717) is 17.5 Å². The molecule has 70 heavy (non-hydrogen) atoms. The van der Waals surface area contributed by atoms with Gasteiger partial charge in [-0.15, -0.1) is 22.7 Å². The van der Waals surface area contributed by atoms with Crippen LogP contribution in [0.4, 0.5) is 0 Å². The molecule has 10 aromatic carbocycles. The largest absolute Gasteiger partial charge is 0.456 e. The maximum atomic E-state index is 6.77. The lowest BCUT2D eigenvalue weighted by Gasteiger charge is -2.32. The normalized spacial score (nSPS) is 13.3. The van der Waals surface area contributed by atoms with Crippen LogP contribution in [0.1, 0.15) is 22.3 Å². The lowest BCUT2D eigenvalue weighted by Crippen LogP contribution is -2.26. The van der Waals surface area contributed by atoms with Crippen molar-refractivity contribution in [3.05, 3.63) is 235 Å². The van der Waals surface area contributed by atoms with E-state index in [0.717, 1.165) is 49.6 Å². The fourth-order valence-electron chi connectivity index (χ4n) is 12.1. The van der Waals surface area contributed by atoms with Crippen LogP contribution in [0.2, 0.25) is 0 Å². The lowest BCUT2D eigenvalue weighted by atomic mass is 9.68. The topological polar surface area (TPSA) is 51.8 Å². The van der Waals surface area contributed by atoms with Gasteiger partial charge in [-0.3, -0.25) is 0 Å². The number of fused-ring (bicyclic) bond motifs is 19. The predicted octanol–water partition coefficient (Wildman–Crippen LogP) is 17.5. The van der Waals surface area contributed by atoms with Crippen molar-refractivity contribution in [3.8, 4) is 67.5 Å². The van der Waals surface area contributed by atoms with Crippen LogP contribution in [-0.2, 0) is 5.41 Å². The van der Waals surface area contributed by atoms with Crippen LogP contribution in [-0.4, -0.2) is 15.0 Å². The van der Waals surface area contributed by atoms with Gasteiger partial charge >= 0.3 is 0 Å². The zero-order valence-electron chi connectivity index (χ0n) is 37.3. The minimum absolute atomic E-state index is 0.485. The predicted molar refractivity (Wildman–Crippen MR) is 291 cm³/mol. The summed E-state index contributed by atoms with van der Waals surface area (Å²) < 4.78 is 11.7. The average molecular weight is 926 g/mol. The highest BCUT2D eigenvalue weighted by Gasteiger charge is 2.52. The number of hydrogen-bond donors (Lipinski definition) is 0. The van der Waals surface area contributed by atoms with Crippen LogP contribution < -0.4 is 0 Å². The Morgan fingerprint density at radius 1 is 0.314 bits per heavy atom. The molecule has 4 aromatic heterocycles. The van der Waals surface area contributed by atoms with Gasteiger partial charge in [-0.1, -0.05) is 158 Å². The van der Waals surface area contributed by atoms with Crippen molar-refractivity contribution in [1.29, 1.82) is 0 Å². The first-order valence-corrected chi connectivity index (χ1v) is 25.3. The molecule has 14 aromatic rings. The van der Waals surface area contributed by atoms with Gasteiger partial charge in [-0.05, 0) is 110 Å². The fourth-order valence-corrected chi connectivity index (χ4v) is 14.4. The number of aromatic nitrogens is 3. The SMILES string of the molecule is c1ccc2c(c1)-c1ccccc1C21c2ccccc2-c2cccc(-c3ccc4oc5cccc(-c6nc(-c7ccc8sc9ccccc9c8c7)nc(-c7cccc8sc9ccccc9c78)n6)c5c4c3)c21. The van der Waals surface area contributed by atoms with E-state index < -0.39 is 5.41 Å². The first kappa shape index (κ1) is 38.4. The molecular formula is C64H35N3OS2. The average Bonchev–Trinajstić information content (AvgIpc) is 4.23. The van der Waals surface area contributed by atoms with Crippen molar-refractivity contribution in [2.75, 3.05) is 0 Å². The fraction of sp³-hybridized carbons (Fsp3) is 0.0156. The molecule has 0 fully saturated rings. The molecule has 0 amide bonds. The van der Waals surface area contributed by atoms with Crippen LogP contribution >= 0.6 is 22.7 Å². The molecule has 0 bridgehead atoms. The van der Waals surface area contributed by atoms with Gasteiger partial charge in [0.15, 0.2) is 17.5 Å². The van der Waals surface area contributed by atoms with E-state index in [1.165, 1.54) is 85.0 Å². The summed E-state index contributed by atoms with van der Waals surface area (Å²) in [4.78, 5) is 16.3. The molecule has 6 heteroatoms. The highest BCUT2D eigenvalue weighted by Crippen LogP contribution is 2.64. The lowest BCUT2D eigenvalue weighted by molar-refractivity contribution is 0.669. The van der Waals surface area contributed by atoms with Crippen molar-refractivity contribution in [2.24, 2.45) is 0 Å². The van der Waals surface area contributed by atoms with E-state index in [9.17, 15) is 0 Å². The zero-order valence-corrected chi connectivity index (χ0v) is 38.9. The Balaban J connectivity index is 0.940. The van der Waals surface area contributed by atoms with E-state index in [1.807, 2.05) is 11.3 Å². The maximum absolute atomic E-state index is 6.77. The van der Waals surface area contributed by atoms with Crippen molar-refractivity contribution < 1.29 is 4.42 Å². The van der Waals surface area contributed by atoms with Crippen LogP contribution in [0.3, 0.4) is 0 Å². The highest BCUT2D eigenvalue weighted by atomic mass is 32.1. The molecule has 16 rings (SSSR count). The van der Waals surface area contributed by atoms with E-state index in [2.05, 4.69) is 212 Å². The van der Waals surface area contributed by atoms with E-state index in [1.54, 1.807) is 11.3 Å². The Kier molecular flexibility index (Phi) is 7.82. The molecule has 0 N–H and O–H groups in total. The Labute approximate surface area is 409 Å². The quantitative estimate of drug-likeness (QED) is 0.176. The third kappa shape index (κ3) is 5.16. The number of benzene rings is 10. The van der Waals surface area contributed by atoms with Crippen molar-refractivity contribution in [3.63, 3.8) is 0 Å². The Hall–Kier alpha value is -8.55. The molecule has 324 valence electrons. The Morgan fingerprint density at radius 2 is 0.814 bits per heavy atom. The molecule has 4 nitrogen and oxygen atoms in total. The number of nitrogens with zero attached hydrogens (tertiary/aromatic N) is 3.